The molecule has 0 atom stereocenters. The van der Waals surface area contributed by atoms with Gasteiger partial charge in [0, 0.05) is 15.8 Å². The third-order valence-corrected chi connectivity index (χ3v) is 4.27. The first-order valence-corrected chi connectivity index (χ1v) is 7.57. The summed E-state index contributed by atoms with van der Waals surface area (Å²) >= 11 is 8.82. The maximum atomic E-state index is 5.34. The second-order valence-electron chi connectivity index (χ2n) is 4.84. The molecule has 0 fully saturated rings. The maximum absolute atomic E-state index is 5.34. The van der Waals surface area contributed by atoms with Gasteiger partial charge in [-0.1, -0.05) is 22.0 Å². The molecule has 0 aliphatic heterocycles. The Balaban J connectivity index is 2.04. The normalized spacial score (nSPS) is 10.2. The topological polar surface area (TPSA) is 24.1 Å². The molecule has 4 heteroatoms. The average Bonchev–Trinajstić information content (AvgIpc) is 2.38. The molecule has 0 aliphatic rings. The highest BCUT2D eigenvalue weighted by atomic mass is 79.9. The van der Waals surface area contributed by atoms with Crippen LogP contribution in [0.25, 0.3) is 0 Å². The summed E-state index contributed by atoms with van der Waals surface area (Å²) in [6, 6.07) is 12.3. The van der Waals surface area contributed by atoms with Crippen LogP contribution in [0, 0.1) is 20.8 Å². The summed E-state index contributed by atoms with van der Waals surface area (Å²) in [5, 5.41) is 6.99. The van der Waals surface area contributed by atoms with Crippen molar-refractivity contribution >= 4 is 44.6 Å². The van der Waals surface area contributed by atoms with Gasteiger partial charge in [-0.05, 0) is 80.0 Å². The lowest BCUT2D eigenvalue weighted by Crippen LogP contribution is -2.19. The van der Waals surface area contributed by atoms with Crippen LogP contribution >= 0.6 is 28.1 Å². The molecule has 0 bridgehead atoms. The van der Waals surface area contributed by atoms with Crippen molar-refractivity contribution in [3.05, 3.63) is 57.6 Å². The minimum Gasteiger partial charge on any atom is -0.332 e. The van der Waals surface area contributed by atoms with Crippen LogP contribution in [0.1, 0.15) is 16.7 Å². The smallest absolute Gasteiger partial charge is 0.175 e. The van der Waals surface area contributed by atoms with Crippen molar-refractivity contribution in [2.75, 3.05) is 10.6 Å². The van der Waals surface area contributed by atoms with Gasteiger partial charge in [0.05, 0.1) is 0 Å². The van der Waals surface area contributed by atoms with Gasteiger partial charge < -0.3 is 10.6 Å². The van der Waals surface area contributed by atoms with Gasteiger partial charge in [-0.15, -0.1) is 0 Å². The lowest BCUT2D eigenvalue weighted by Gasteiger charge is -2.12. The van der Waals surface area contributed by atoms with E-state index in [0.717, 1.165) is 15.8 Å². The van der Waals surface area contributed by atoms with Gasteiger partial charge in [0.25, 0.3) is 0 Å². The van der Waals surface area contributed by atoms with Gasteiger partial charge >= 0.3 is 0 Å². The molecule has 0 heterocycles. The van der Waals surface area contributed by atoms with E-state index >= 15 is 0 Å². The number of hydrogen-bond acceptors (Lipinski definition) is 1. The Morgan fingerprint density at radius 1 is 0.850 bits per heavy atom. The fourth-order valence-corrected chi connectivity index (χ4v) is 2.32. The maximum Gasteiger partial charge on any atom is 0.175 e. The van der Waals surface area contributed by atoms with Crippen molar-refractivity contribution in [3.8, 4) is 0 Å². The van der Waals surface area contributed by atoms with Crippen molar-refractivity contribution in [2.24, 2.45) is 0 Å². The third kappa shape index (κ3) is 3.81. The lowest BCUT2D eigenvalue weighted by molar-refractivity contribution is 1.34. The van der Waals surface area contributed by atoms with Crippen LogP contribution in [0.3, 0.4) is 0 Å². The van der Waals surface area contributed by atoms with Crippen molar-refractivity contribution in [1.29, 1.82) is 0 Å². The summed E-state index contributed by atoms with van der Waals surface area (Å²) < 4.78 is 1.09. The van der Waals surface area contributed by atoms with Gasteiger partial charge in [0.15, 0.2) is 5.11 Å². The Morgan fingerprint density at radius 2 is 1.40 bits per heavy atom. The highest BCUT2D eigenvalue weighted by molar-refractivity contribution is 9.10. The second kappa shape index (κ2) is 6.37. The number of benzene rings is 2. The zero-order valence-electron chi connectivity index (χ0n) is 11.8. The summed E-state index contributed by atoms with van der Waals surface area (Å²) in [5.74, 6) is 0. The molecule has 0 radical (unpaired) electrons. The monoisotopic (exact) mass is 348 g/mol. The minimum atomic E-state index is 0.593. The molecule has 2 aromatic carbocycles. The summed E-state index contributed by atoms with van der Waals surface area (Å²) in [5.41, 5.74) is 5.67. The zero-order chi connectivity index (χ0) is 14.7. The number of rotatable bonds is 2. The first kappa shape index (κ1) is 15.0. The van der Waals surface area contributed by atoms with E-state index in [-0.39, 0.29) is 0 Å². The number of anilines is 2. The van der Waals surface area contributed by atoms with E-state index < -0.39 is 0 Å². The van der Waals surface area contributed by atoms with E-state index in [2.05, 4.69) is 65.5 Å². The van der Waals surface area contributed by atoms with Gasteiger partial charge in [-0.3, -0.25) is 0 Å². The van der Waals surface area contributed by atoms with E-state index in [1.807, 2.05) is 18.2 Å². The number of hydrogen-bond donors (Lipinski definition) is 2. The largest absolute Gasteiger partial charge is 0.332 e. The van der Waals surface area contributed by atoms with Crippen molar-refractivity contribution in [2.45, 2.75) is 20.8 Å². The second-order valence-corrected chi connectivity index (χ2v) is 6.10. The summed E-state index contributed by atoms with van der Waals surface area (Å²) in [7, 11) is 0. The molecule has 2 rings (SSSR count). The van der Waals surface area contributed by atoms with E-state index in [9.17, 15) is 0 Å². The zero-order valence-corrected chi connectivity index (χ0v) is 14.2. The predicted molar refractivity (Wildman–Crippen MR) is 94.6 cm³/mol. The van der Waals surface area contributed by atoms with Crippen LogP contribution < -0.4 is 10.6 Å². The number of halogens is 1. The van der Waals surface area contributed by atoms with Crippen LogP contribution in [0.2, 0.25) is 0 Å². The Hall–Kier alpha value is -1.39. The number of nitrogens with one attached hydrogen (secondary N) is 2. The number of aryl methyl sites for hydroxylation is 3. The Bertz CT molecular complexity index is 597. The van der Waals surface area contributed by atoms with Gasteiger partial charge in [0.1, 0.15) is 0 Å². The third-order valence-electron chi connectivity index (χ3n) is 3.18. The SMILES string of the molecule is Cc1ccc(NC(=S)Nc2ccc(Br)c(C)c2)cc1C. The lowest BCUT2D eigenvalue weighted by atomic mass is 10.1. The molecule has 0 spiro atoms. The van der Waals surface area contributed by atoms with Gasteiger partial charge in [0.2, 0.25) is 0 Å². The molecular weight excluding hydrogens is 332 g/mol. The molecule has 20 heavy (non-hydrogen) atoms. The van der Waals surface area contributed by atoms with Crippen LogP contribution in [0.4, 0.5) is 11.4 Å². The quantitative estimate of drug-likeness (QED) is 0.730. The van der Waals surface area contributed by atoms with E-state index in [4.69, 9.17) is 12.2 Å². The molecule has 2 aromatic rings. The molecular formula is C16H17BrN2S. The van der Waals surface area contributed by atoms with Crippen LogP contribution in [-0.2, 0) is 0 Å². The van der Waals surface area contributed by atoms with Crippen molar-refractivity contribution in [1.82, 2.24) is 0 Å². The molecule has 0 amide bonds. The molecule has 2 nitrogen and oxygen atoms in total. The van der Waals surface area contributed by atoms with Crippen molar-refractivity contribution in [3.63, 3.8) is 0 Å². The Kier molecular flexibility index (Phi) is 4.78. The summed E-state index contributed by atoms with van der Waals surface area (Å²) in [6.45, 7) is 6.24. The first-order chi connectivity index (χ1) is 9.45. The molecule has 0 aliphatic carbocycles. The average molecular weight is 349 g/mol. The molecule has 0 saturated carbocycles. The van der Waals surface area contributed by atoms with E-state index in [0.29, 0.717) is 5.11 Å². The van der Waals surface area contributed by atoms with Gasteiger partial charge in [-0.2, -0.15) is 0 Å². The van der Waals surface area contributed by atoms with Crippen molar-refractivity contribution < 1.29 is 0 Å². The van der Waals surface area contributed by atoms with Crippen LogP contribution in [-0.4, -0.2) is 5.11 Å². The molecule has 0 aromatic heterocycles. The molecule has 104 valence electrons. The Morgan fingerprint density at radius 3 is 1.95 bits per heavy atom. The van der Waals surface area contributed by atoms with Crippen LogP contribution in [0.15, 0.2) is 40.9 Å². The molecule has 2 N–H and O–H groups in total. The molecule has 0 saturated heterocycles. The van der Waals surface area contributed by atoms with E-state index in [1.54, 1.807) is 0 Å². The standard InChI is InChI=1S/C16H17BrN2S/c1-10-4-5-13(8-11(10)2)18-16(20)19-14-6-7-15(17)12(3)9-14/h4-9H,1-3H3,(H2,18,19,20). The fourth-order valence-electron chi connectivity index (χ4n) is 1.84. The highest BCUT2D eigenvalue weighted by Gasteiger charge is 2.02. The summed E-state index contributed by atoms with van der Waals surface area (Å²) in [4.78, 5) is 0. The Labute approximate surface area is 133 Å². The van der Waals surface area contributed by atoms with Gasteiger partial charge in [-0.25, -0.2) is 0 Å². The fraction of sp³-hybridized carbons (Fsp3) is 0.188. The highest BCUT2D eigenvalue weighted by Crippen LogP contribution is 2.20. The van der Waals surface area contributed by atoms with Crippen LogP contribution in [0.5, 0.6) is 0 Å². The van der Waals surface area contributed by atoms with E-state index in [1.165, 1.54) is 16.7 Å². The summed E-state index contributed by atoms with van der Waals surface area (Å²) in [6.07, 6.45) is 0. The predicted octanol–water partition coefficient (Wildman–Crippen LogP) is 5.18. The number of thiocarbonyl (C=S) groups is 1. The first-order valence-electron chi connectivity index (χ1n) is 6.37. The minimum absolute atomic E-state index is 0.593. The molecule has 0 unspecified atom stereocenters.